The van der Waals surface area contributed by atoms with E-state index in [1.807, 2.05) is 4.90 Å². The Kier molecular flexibility index (Phi) is 6.35. The number of ether oxygens (including phenoxy) is 2. The van der Waals surface area contributed by atoms with E-state index in [0.29, 0.717) is 17.4 Å². The molecule has 3 atom stereocenters. The van der Waals surface area contributed by atoms with Crippen molar-refractivity contribution in [1.82, 2.24) is 15.1 Å². The van der Waals surface area contributed by atoms with Gasteiger partial charge in [0.1, 0.15) is 5.75 Å². The highest BCUT2D eigenvalue weighted by molar-refractivity contribution is 5.94. The zero-order valence-corrected chi connectivity index (χ0v) is 17.1. The molecular weight excluding hydrogens is 370 g/mol. The summed E-state index contributed by atoms with van der Waals surface area (Å²) >= 11 is 0. The van der Waals surface area contributed by atoms with Crippen molar-refractivity contribution in [2.75, 3.05) is 39.4 Å². The van der Waals surface area contributed by atoms with Crippen molar-refractivity contribution in [3.05, 3.63) is 29.8 Å². The van der Waals surface area contributed by atoms with Gasteiger partial charge in [-0.3, -0.25) is 14.5 Å². The zero-order valence-electron chi connectivity index (χ0n) is 17.1. The second kappa shape index (κ2) is 9.13. The van der Waals surface area contributed by atoms with Crippen molar-refractivity contribution in [3.63, 3.8) is 0 Å². The SMILES string of the molecule is C[C@H]1CN2C[C@H](NC(=O)c3cccc(OCC(=O)N4CCCCC4)c3)C[C@H]2CO1. The molecule has 0 unspecified atom stereocenters. The maximum absolute atomic E-state index is 12.7. The van der Waals surface area contributed by atoms with Gasteiger partial charge in [0, 0.05) is 43.8 Å². The summed E-state index contributed by atoms with van der Waals surface area (Å²) in [6.45, 7) is 6.26. The summed E-state index contributed by atoms with van der Waals surface area (Å²) in [6.07, 6.45) is 4.48. The molecule has 2 amide bonds. The largest absolute Gasteiger partial charge is 0.484 e. The van der Waals surface area contributed by atoms with Crippen LogP contribution < -0.4 is 10.1 Å². The first kappa shape index (κ1) is 20.2. The Morgan fingerprint density at radius 1 is 1.21 bits per heavy atom. The van der Waals surface area contributed by atoms with Crippen molar-refractivity contribution >= 4 is 11.8 Å². The van der Waals surface area contributed by atoms with Gasteiger partial charge in [0.2, 0.25) is 0 Å². The van der Waals surface area contributed by atoms with Crippen LogP contribution in [0.4, 0.5) is 0 Å². The average molecular weight is 402 g/mol. The lowest BCUT2D eigenvalue weighted by Gasteiger charge is -2.33. The Labute approximate surface area is 172 Å². The van der Waals surface area contributed by atoms with Gasteiger partial charge in [-0.25, -0.2) is 0 Å². The minimum Gasteiger partial charge on any atom is -0.484 e. The fourth-order valence-corrected chi connectivity index (χ4v) is 4.52. The number of rotatable bonds is 5. The molecule has 0 spiro atoms. The molecule has 158 valence electrons. The molecule has 3 aliphatic rings. The molecule has 3 heterocycles. The molecule has 0 saturated carbocycles. The number of amides is 2. The van der Waals surface area contributed by atoms with Gasteiger partial charge in [0.15, 0.2) is 6.61 Å². The van der Waals surface area contributed by atoms with E-state index in [4.69, 9.17) is 9.47 Å². The summed E-state index contributed by atoms with van der Waals surface area (Å²) in [5.74, 6) is 0.462. The molecule has 1 aromatic carbocycles. The minimum atomic E-state index is -0.100. The second-order valence-corrected chi connectivity index (χ2v) is 8.42. The molecule has 29 heavy (non-hydrogen) atoms. The molecule has 0 aliphatic carbocycles. The number of morpholine rings is 1. The smallest absolute Gasteiger partial charge is 0.260 e. The Balaban J connectivity index is 1.29. The van der Waals surface area contributed by atoms with E-state index in [1.165, 1.54) is 6.42 Å². The third kappa shape index (κ3) is 5.08. The molecule has 3 aliphatic heterocycles. The standard InChI is InChI=1S/C22H31N3O4/c1-16-12-25-13-18(11-19(25)14-28-16)23-22(27)17-6-5-7-20(10-17)29-15-21(26)24-8-3-2-4-9-24/h5-7,10,16,18-19H,2-4,8-9,11-15H2,1H3,(H,23,27)/t16-,18+,19-/m0/s1. The maximum Gasteiger partial charge on any atom is 0.260 e. The van der Waals surface area contributed by atoms with Gasteiger partial charge < -0.3 is 19.7 Å². The molecule has 7 nitrogen and oxygen atoms in total. The van der Waals surface area contributed by atoms with Gasteiger partial charge in [-0.05, 0) is 50.8 Å². The average Bonchev–Trinajstić information content (AvgIpc) is 3.14. The highest BCUT2D eigenvalue weighted by atomic mass is 16.5. The van der Waals surface area contributed by atoms with E-state index < -0.39 is 0 Å². The highest BCUT2D eigenvalue weighted by Gasteiger charge is 2.36. The van der Waals surface area contributed by atoms with Crippen molar-refractivity contribution in [2.24, 2.45) is 0 Å². The van der Waals surface area contributed by atoms with Crippen LogP contribution in [-0.4, -0.2) is 79.2 Å². The molecule has 4 rings (SSSR count). The predicted octanol–water partition coefficient (Wildman–Crippen LogP) is 1.67. The number of nitrogens with zero attached hydrogens (tertiary/aromatic N) is 2. The van der Waals surface area contributed by atoms with Crippen LogP contribution in [0, 0.1) is 0 Å². The Morgan fingerprint density at radius 2 is 2.03 bits per heavy atom. The van der Waals surface area contributed by atoms with E-state index in [-0.39, 0.29) is 30.6 Å². The van der Waals surface area contributed by atoms with Gasteiger partial charge in [0.05, 0.1) is 12.7 Å². The van der Waals surface area contributed by atoms with Crippen LogP contribution in [0.25, 0.3) is 0 Å². The van der Waals surface area contributed by atoms with Gasteiger partial charge >= 0.3 is 0 Å². The van der Waals surface area contributed by atoms with Gasteiger partial charge in [-0.1, -0.05) is 6.07 Å². The summed E-state index contributed by atoms with van der Waals surface area (Å²) in [5.41, 5.74) is 0.558. The number of nitrogens with one attached hydrogen (secondary N) is 1. The van der Waals surface area contributed by atoms with Crippen molar-refractivity contribution in [3.8, 4) is 5.75 Å². The normalized spacial score (nSPS) is 27.3. The summed E-state index contributed by atoms with van der Waals surface area (Å²) in [4.78, 5) is 29.3. The molecule has 3 saturated heterocycles. The lowest BCUT2D eigenvalue weighted by Crippen LogP contribution is -2.45. The van der Waals surface area contributed by atoms with E-state index >= 15 is 0 Å². The van der Waals surface area contributed by atoms with E-state index in [1.54, 1.807) is 24.3 Å². The third-order valence-corrected chi connectivity index (χ3v) is 6.10. The van der Waals surface area contributed by atoms with E-state index in [0.717, 1.165) is 52.0 Å². The monoisotopic (exact) mass is 401 g/mol. The van der Waals surface area contributed by atoms with Crippen molar-refractivity contribution in [1.29, 1.82) is 0 Å². The fraction of sp³-hybridized carbons (Fsp3) is 0.636. The quantitative estimate of drug-likeness (QED) is 0.813. The summed E-state index contributed by atoms with van der Waals surface area (Å²) in [7, 11) is 0. The fourth-order valence-electron chi connectivity index (χ4n) is 4.52. The number of carbonyl (C=O) groups excluding carboxylic acids is 2. The molecule has 0 radical (unpaired) electrons. The topological polar surface area (TPSA) is 71.1 Å². The maximum atomic E-state index is 12.7. The zero-order chi connectivity index (χ0) is 20.2. The number of hydrogen-bond acceptors (Lipinski definition) is 5. The van der Waals surface area contributed by atoms with Crippen LogP contribution in [0.5, 0.6) is 5.75 Å². The number of hydrogen-bond donors (Lipinski definition) is 1. The first-order valence-corrected chi connectivity index (χ1v) is 10.8. The minimum absolute atomic E-state index is 0.0126. The van der Waals surface area contributed by atoms with E-state index in [9.17, 15) is 9.59 Å². The number of benzene rings is 1. The lowest BCUT2D eigenvalue weighted by atomic mass is 10.1. The molecule has 0 aromatic heterocycles. The molecular formula is C22H31N3O4. The van der Waals surface area contributed by atoms with Crippen LogP contribution in [0.15, 0.2) is 24.3 Å². The second-order valence-electron chi connectivity index (χ2n) is 8.42. The van der Waals surface area contributed by atoms with Gasteiger partial charge in [-0.15, -0.1) is 0 Å². The van der Waals surface area contributed by atoms with Crippen LogP contribution >= 0.6 is 0 Å². The van der Waals surface area contributed by atoms with Crippen molar-refractivity contribution < 1.29 is 19.1 Å². The first-order valence-electron chi connectivity index (χ1n) is 10.8. The van der Waals surface area contributed by atoms with Crippen LogP contribution in [0.3, 0.4) is 0 Å². The van der Waals surface area contributed by atoms with Crippen LogP contribution in [0.2, 0.25) is 0 Å². The van der Waals surface area contributed by atoms with Crippen LogP contribution in [-0.2, 0) is 9.53 Å². The summed E-state index contributed by atoms with van der Waals surface area (Å²) in [6, 6.07) is 7.60. The van der Waals surface area contributed by atoms with E-state index in [2.05, 4.69) is 17.1 Å². The number of piperidine rings is 1. The molecule has 1 aromatic rings. The predicted molar refractivity (Wildman–Crippen MR) is 109 cm³/mol. The molecule has 0 bridgehead atoms. The highest BCUT2D eigenvalue weighted by Crippen LogP contribution is 2.23. The van der Waals surface area contributed by atoms with Gasteiger partial charge in [-0.2, -0.15) is 0 Å². The number of likely N-dealkylation sites (tertiary alicyclic amines) is 1. The lowest BCUT2D eigenvalue weighted by molar-refractivity contribution is -0.134. The Hall–Kier alpha value is -2.12. The Morgan fingerprint density at radius 3 is 2.86 bits per heavy atom. The van der Waals surface area contributed by atoms with Crippen LogP contribution in [0.1, 0.15) is 43.0 Å². The third-order valence-electron chi connectivity index (χ3n) is 6.10. The first-order chi connectivity index (χ1) is 14.1. The van der Waals surface area contributed by atoms with Crippen molar-refractivity contribution in [2.45, 2.75) is 50.8 Å². The Bertz CT molecular complexity index is 735. The van der Waals surface area contributed by atoms with Gasteiger partial charge in [0.25, 0.3) is 11.8 Å². The number of carbonyl (C=O) groups is 2. The molecule has 7 heteroatoms. The number of fused-ring (bicyclic) bond motifs is 1. The molecule has 1 N–H and O–H groups in total. The summed E-state index contributed by atoms with van der Waals surface area (Å²) < 4.78 is 11.4. The summed E-state index contributed by atoms with van der Waals surface area (Å²) in [5, 5.41) is 3.14. The molecule has 3 fully saturated rings.